The van der Waals surface area contributed by atoms with Gasteiger partial charge >= 0.3 is 0 Å². The van der Waals surface area contributed by atoms with Crippen LogP contribution in [0.15, 0.2) is 18.2 Å². The number of fused-ring (bicyclic) bond motifs is 1. The zero-order chi connectivity index (χ0) is 15.3. The normalized spacial score (nSPS) is 19.7. The van der Waals surface area contributed by atoms with Gasteiger partial charge in [0, 0.05) is 12.5 Å². The van der Waals surface area contributed by atoms with Crippen molar-refractivity contribution in [3.63, 3.8) is 0 Å². The Hall–Kier alpha value is -1.22. The number of hydrogen-bond acceptors (Lipinski definition) is 3. The van der Waals surface area contributed by atoms with E-state index in [1.807, 2.05) is 6.07 Å². The molecule has 1 heterocycles. The summed E-state index contributed by atoms with van der Waals surface area (Å²) in [7, 11) is 0. The van der Waals surface area contributed by atoms with Gasteiger partial charge in [-0.15, -0.1) is 0 Å². The van der Waals surface area contributed by atoms with Crippen molar-refractivity contribution in [2.24, 2.45) is 0 Å². The number of nitrogens with one attached hydrogen (secondary N) is 1. The fourth-order valence-electron chi connectivity index (χ4n) is 3.15. The highest BCUT2D eigenvalue weighted by Crippen LogP contribution is 2.46. The van der Waals surface area contributed by atoms with Gasteiger partial charge in [0.25, 0.3) is 0 Å². The Balaban J connectivity index is 2.39. The van der Waals surface area contributed by atoms with Crippen LogP contribution >= 0.6 is 0 Å². The van der Waals surface area contributed by atoms with E-state index in [2.05, 4.69) is 45.1 Å². The fourth-order valence-corrected chi connectivity index (χ4v) is 3.15. The summed E-state index contributed by atoms with van der Waals surface area (Å²) >= 11 is 0. The van der Waals surface area contributed by atoms with Gasteiger partial charge in [-0.05, 0) is 37.9 Å². The molecule has 1 atom stereocenters. The van der Waals surface area contributed by atoms with E-state index in [0.717, 1.165) is 50.3 Å². The van der Waals surface area contributed by atoms with Crippen molar-refractivity contribution in [2.45, 2.75) is 65.0 Å². The molecule has 1 N–H and O–H groups in total. The van der Waals surface area contributed by atoms with E-state index in [0.29, 0.717) is 6.04 Å². The first-order valence-electron chi connectivity index (χ1n) is 8.37. The van der Waals surface area contributed by atoms with Crippen molar-refractivity contribution in [3.8, 4) is 11.5 Å². The lowest BCUT2D eigenvalue weighted by Gasteiger charge is -2.42. The maximum absolute atomic E-state index is 6.40. The molecular formula is C18H29NO2. The van der Waals surface area contributed by atoms with Crippen LogP contribution in [0.4, 0.5) is 0 Å². The van der Waals surface area contributed by atoms with Crippen LogP contribution in [0.25, 0.3) is 0 Å². The first-order chi connectivity index (χ1) is 10.2. The van der Waals surface area contributed by atoms with Crippen LogP contribution < -0.4 is 14.8 Å². The van der Waals surface area contributed by atoms with Crippen LogP contribution in [0.2, 0.25) is 0 Å². The van der Waals surface area contributed by atoms with E-state index < -0.39 is 0 Å². The monoisotopic (exact) mass is 291 g/mol. The summed E-state index contributed by atoms with van der Waals surface area (Å²) in [5.74, 6) is 1.96. The highest BCUT2D eigenvalue weighted by Gasteiger charge is 2.39. The first-order valence-corrected chi connectivity index (χ1v) is 8.37. The highest BCUT2D eigenvalue weighted by molar-refractivity contribution is 5.49. The lowest BCUT2D eigenvalue weighted by atomic mass is 9.83. The molecule has 3 nitrogen and oxygen atoms in total. The van der Waals surface area contributed by atoms with Crippen LogP contribution in [-0.4, -0.2) is 18.8 Å². The molecule has 2 rings (SSSR count). The average molecular weight is 291 g/mol. The lowest BCUT2D eigenvalue weighted by Crippen LogP contribution is -2.43. The van der Waals surface area contributed by atoms with Gasteiger partial charge in [-0.3, -0.25) is 0 Å². The average Bonchev–Trinajstić information content (AvgIpc) is 2.52. The Morgan fingerprint density at radius 2 is 2.00 bits per heavy atom. The minimum absolute atomic E-state index is 0.0524. The van der Waals surface area contributed by atoms with Gasteiger partial charge < -0.3 is 14.8 Å². The first kappa shape index (κ1) is 16.2. The van der Waals surface area contributed by atoms with Gasteiger partial charge in [0.15, 0.2) is 0 Å². The van der Waals surface area contributed by atoms with Gasteiger partial charge in [0.1, 0.15) is 17.1 Å². The van der Waals surface area contributed by atoms with E-state index in [9.17, 15) is 0 Å². The number of benzene rings is 1. The molecule has 1 aliphatic rings. The summed E-state index contributed by atoms with van der Waals surface area (Å²) in [6, 6.07) is 6.49. The van der Waals surface area contributed by atoms with Crippen molar-refractivity contribution in [3.05, 3.63) is 23.8 Å². The number of rotatable bonds is 7. The third-order valence-electron chi connectivity index (χ3n) is 4.48. The van der Waals surface area contributed by atoms with E-state index in [-0.39, 0.29) is 5.60 Å². The van der Waals surface area contributed by atoms with Gasteiger partial charge in [-0.2, -0.15) is 0 Å². The molecule has 0 bridgehead atoms. The molecule has 1 unspecified atom stereocenters. The Kier molecular flexibility index (Phi) is 5.51. The number of ether oxygens (including phenoxy) is 2. The Bertz CT molecular complexity index is 455. The predicted molar refractivity (Wildman–Crippen MR) is 87.2 cm³/mol. The molecule has 118 valence electrons. The predicted octanol–water partition coefficient (Wildman–Crippen LogP) is 4.47. The summed E-state index contributed by atoms with van der Waals surface area (Å²) in [5.41, 5.74) is 1.15. The fraction of sp³-hybridized carbons (Fsp3) is 0.667. The molecule has 0 radical (unpaired) electrons. The summed E-state index contributed by atoms with van der Waals surface area (Å²) in [5, 5.41) is 3.62. The second kappa shape index (κ2) is 7.17. The van der Waals surface area contributed by atoms with Crippen molar-refractivity contribution in [1.82, 2.24) is 5.32 Å². The van der Waals surface area contributed by atoms with Crippen LogP contribution in [0.3, 0.4) is 0 Å². The molecular weight excluding hydrogens is 262 g/mol. The molecule has 0 fully saturated rings. The Labute approximate surface area is 129 Å². The summed E-state index contributed by atoms with van der Waals surface area (Å²) in [4.78, 5) is 0. The molecule has 3 heteroatoms. The van der Waals surface area contributed by atoms with E-state index in [1.165, 1.54) is 5.56 Å². The van der Waals surface area contributed by atoms with E-state index >= 15 is 0 Å². The summed E-state index contributed by atoms with van der Waals surface area (Å²) < 4.78 is 12.3. The third kappa shape index (κ3) is 3.34. The van der Waals surface area contributed by atoms with Crippen LogP contribution in [0.1, 0.15) is 65.0 Å². The second-order valence-corrected chi connectivity index (χ2v) is 5.82. The van der Waals surface area contributed by atoms with Gasteiger partial charge in [0.05, 0.1) is 12.2 Å². The smallest absolute Gasteiger partial charge is 0.128 e. The standard InChI is InChI=1S/C18H29NO2/c1-5-12-20-15-10-9-11-16-17(15)14(19-8-4)13-18(6-2,7-3)21-16/h9-11,14,19H,5-8,12-13H2,1-4H3. The third-order valence-corrected chi connectivity index (χ3v) is 4.48. The van der Waals surface area contributed by atoms with Crippen LogP contribution in [0, 0.1) is 0 Å². The number of hydrogen-bond donors (Lipinski definition) is 1. The van der Waals surface area contributed by atoms with E-state index in [1.54, 1.807) is 0 Å². The second-order valence-electron chi connectivity index (χ2n) is 5.82. The van der Waals surface area contributed by atoms with Gasteiger partial charge in [-0.1, -0.05) is 33.8 Å². The molecule has 0 amide bonds. The molecule has 21 heavy (non-hydrogen) atoms. The molecule has 0 saturated carbocycles. The van der Waals surface area contributed by atoms with Crippen LogP contribution in [-0.2, 0) is 0 Å². The largest absolute Gasteiger partial charge is 0.493 e. The summed E-state index contributed by atoms with van der Waals surface area (Å²) in [6.45, 7) is 10.4. The van der Waals surface area contributed by atoms with Crippen molar-refractivity contribution >= 4 is 0 Å². The molecule has 0 aromatic heterocycles. The molecule has 1 aliphatic heterocycles. The maximum Gasteiger partial charge on any atom is 0.128 e. The van der Waals surface area contributed by atoms with Crippen molar-refractivity contribution in [2.75, 3.05) is 13.2 Å². The SMILES string of the molecule is CCCOc1cccc2c1C(NCC)CC(CC)(CC)O2. The van der Waals surface area contributed by atoms with Crippen LogP contribution in [0.5, 0.6) is 11.5 Å². The molecule has 1 aromatic carbocycles. The zero-order valence-electron chi connectivity index (χ0n) is 13.9. The topological polar surface area (TPSA) is 30.5 Å². The minimum atomic E-state index is -0.0524. The Morgan fingerprint density at radius 3 is 2.62 bits per heavy atom. The Morgan fingerprint density at radius 1 is 1.24 bits per heavy atom. The molecule has 0 saturated heterocycles. The highest BCUT2D eigenvalue weighted by atomic mass is 16.5. The molecule has 1 aromatic rings. The summed E-state index contributed by atoms with van der Waals surface area (Å²) in [6.07, 6.45) is 4.09. The minimum Gasteiger partial charge on any atom is -0.493 e. The van der Waals surface area contributed by atoms with Crippen molar-refractivity contribution in [1.29, 1.82) is 0 Å². The lowest BCUT2D eigenvalue weighted by molar-refractivity contribution is 0.0219. The van der Waals surface area contributed by atoms with Gasteiger partial charge in [-0.25, -0.2) is 0 Å². The molecule has 0 aliphatic carbocycles. The van der Waals surface area contributed by atoms with E-state index in [4.69, 9.17) is 9.47 Å². The van der Waals surface area contributed by atoms with Gasteiger partial charge in [0.2, 0.25) is 0 Å². The molecule has 0 spiro atoms. The quantitative estimate of drug-likeness (QED) is 0.804. The zero-order valence-corrected chi connectivity index (χ0v) is 13.9. The maximum atomic E-state index is 6.40. The van der Waals surface area contributed by atoms with Crippen molar-refractivity contribution < 1.29 is 9.47 Å².